The van der Waals surface area contributed by atoms with Crippen LogP contribution >= 0.6 is 0 Å². The number of hydrogen-bond donors (Lipinski definition) is 2. The Labute approximate surface area is 96.1 Å². The van der Waals surface area contributed by atoms with Gasteiger partial charge < -0.3 is 11.1 Å². The summed E-state index contributed by atoms with van der Waals surface area (Å²) in [6, 6.07) is 0. The third kappa shape index (κ3) is 2.35. The predicted molar refractivity (Wildman–Crippen MR) is 64.5 cm³/mol. The maximum absolute atomic E-state index is 10.8. The second kappa shape index (κ2) is 4.56. The van der Waals surface area contributed by atoms with Crippen molar-refractivity contribution in [3.8, 4) is 0 Å². The number of hydrogen-bond acceptors (Lipinski definition) is 2. The Morgan fingerprint density at radius 3 is 3.00 bits per heavy atom. The Kier molecular flexibility index (Phi) is 3.13. The average Bonchev–Trinajstić information content (AvgIpc) is 2.60. The van der Waals surface area contributed by atoms with Crippen LogP contribution in [0, 0.1) is 0 Å². The molecule has 0 unspecified atom stereocenters. The van der Waals surface area contributed by atoms with Crippen LogP contribution in [0.5, 0.6) is 0 Å². The highest BCUT2D eigenvalue weighted by atomic mass is 16.1. The minimum atomic E-state index is 0.0439. The molecule has 0 aliphatic heterocycles. The molecule has 86 valence electrons. The molecule has 0 heterocycles. The predicted octanol–water partition coefficient (Wildman–Crippen LogP) is 1.78. The van der Waals surface area contributed by atoms with Gasteiger partial charge in [-0.2, -0.15) is 0 Å². The van der Waals surface area contributed by atoms with Crippen molar-refractivity contribution in [3.05, 3.63) is 34.6 Å². The van der Waals surface area contributed by atoms with Gasteiger partial charge in [-0.15, -0.1) is 0 Å². The summed E-state index contributed by atoms with van der Waals surface area (Å²) < 4.78 is 0. The summed E-state index contributed by atoms with van der Waals surface area (Å²) in [5, 5.41) is 2.84. The van der Waals surface area contributed by atoms with Crippen molar-refractivity contribution < 1.29 is 4.79 Å². The van der Waals surface area contributed by atoms with E-state index >= 15 is 0 Å². The summed E-state index contributed by atoms with van der Waals surface area (Å²) in [5.74, 6) is 0.0439. The number of allylic oxidation sites excluding steroid dienone is 4. The Morgan fingerprint density at radius 1 is 1.44 bits per heavy atom. The van der Waals surface area contributed by atoms with Gasteiger partial charge >= 0.3 is 0 Å². The van der Waals surface area contributed by atoms with Crippen molar-refractivity contribution in [2.75, 3.05) is 6.54 Å². The standard InChI is InChI=1S/C13H18N2O/c1-9(16)15-7-6-11-3-2-10-4-5-12(14)8-13(10)11/h4-5H,2-3,6-8,14H2,1H3,(H,15,16). The van der Waals surface area contributed by atoms with Crippen molar-refractivity contribution in [2.45, 2.75) is 32.6 Å². The Balaban J connectivity index is 2.00. The first-order valence-electron chi connectivity index (χ1n) is 5.77. The lowest BCUT2D eigenvalue weighted by Crippen LogP contribution is -2.21. The molecule has 2 aliphatic carbocycles. The number of fused-ring (bicyclic) bond motifs is 1. The molecule has 0 aromatic heterocycles. The highest BCUT2D eigenvalue weighted by molar-refractivity contribution is 5.72. The number of carbonyl (C=O) groups is 1. The van der Waals surface area contributed by atoms with E-state index in [1.54, 1.807) is 6.92 Å². The van der Waals surface area contributed by atoms with Gasteiger partial charge in [-0.05, 0) is 36.5 Å². The van der Waals surface area contributed by atoms with Gasteiger partial charge in [-0.3, -0.25) is 4.79 Å². The van der Waals surface area contributed by atoms with Crippen molar-refractivity contribution in [1.82, 2.24) is 5.32 Å². The molecule has 3 heteroatoms. The molecule has 0 aromatic carbocycles. The molecule has 0 fully saturated rings. The molecule has 0 spiro atoms. The van der Waals surface area contributed by atoms with Gasteiger partial charge in [0.1, 0.15) is 0 Å². The molecule has 0 saturated heterocycles. The molecule has 16 heavy (non-hydrogen) atoms. The van der Waals surface area contributed by atoms with Gasteiger partial charge in [0.2, 0.25) is 5.91 Å². The van der Waals surface area contributed by atoms with Gasteiger partial charge in [0.05, 0.1) is 0 Å². The molecular formula is C13H18N2O. The summed E-state index contributed by atoms with van der Waals surface area (Å²) in [5.41, 5.74) is 11.1. The number of amides is 1. The molecule has 0 saturated carbocycles. The van der Waals surface area contributed by atoms with Crippen LogP contribution in [0.3, 0.4) is 0 Å². The first-order valence-corrected chi connectivity index (χ1v) is 5.77. The van der Waals surface area contributed by atoms with E-state index in [1.807, 2.05) is 6.08 Å². The van der Waals surface area contributed by atoms with E-state index in [0.717, 1.165) is 37.9 Å². The smallest absolute Gasteiger partial charge is 0.216 e. The zero-order valence-corrected chi connectivity index (χ0v) is 9.68. The van der Waals surface area contributed by atoms with E-state index in [4.69, 9.17) is 5.73 Å². The maximum Gasteiger partial charge on any atom is 0.216 e. The quantitative estimate of drug-likeness (QED) is 0.758. The van der Waals surface area contributed by atoms with E-state index in [-0.39, 0.29) is 5.91 Å². The normalized spacial score (nSPS) is 19.1. The number of nitrogens with two attached hydrogens (primary N) is 1. The Bertz CT molecular complexity index is 402. The van der Waals surface area contributed by atoms with Crippen LogP contribution in [0.2, 0.25) is 0 Å². The molecule has 3 nitrogen and oxygen atoms in total. The summed E-state index contributed by atoms with van der Waals surface area (Å²) in [4.78, 5) is 10.8. The first kappa shape index (κ1) is 11.0. The molecule has 0 radical (unpaired) electrons. The largest absolute Gasteiger partial charge is 0.402 e. The molecule has 2 aliphatic rings. The SMILES string of the molecule is CC(=O)NCCC1=C2CC(N)=CC=C2CC1. The van der Waals surface area contributed by atoms with Crippen molar-refractivity contribution in [2.24, 2.45) is 5.73 Å². The molecular weight excluding hydrogens is 200 g/mol. The zero-order chi connectivity index (χ0) is 11.5. The zero-order valence-electron chi connectivity index (χ0n) is 9.68. The van der Waals surface area contributed by atoms with Gasteiger partial charge in [0.25, 0.3) is 0 Å². The van der Waals surface area contributed by atoms with Crippen molar-refractivity contribution in [3.63, 3.8) is 0 Å². The van der Waals surface area contributed by atoms with E-state index < -0.39 is 0 Å². The summed E-state index contributed by atoms with van der Waals surface area (Å²) in [6.45, 7) is 2.30. The first-order chi connectivity index (χ1) is 7.66. The average molecular weight is 218 g/mol. The Hall–Kier alpha value is -1.51. The van der Waals surface area contributed by atoms with Gasteiger partial charge in [0, 0.05) is 25.6 Å². The molecule has 0 bridgehead atoms. The fourth-order valence-electron chi connectivity index (χ4n) is 2.37. The lowest BCUT2D eigenvalue weighted by atomic mass is 9.96. The minimum absolute atomic E-state index is 0.0439. The van der Waals surface area contributed by atoms with Gasteiger partial charge in [-0.25, -0.2) is 0 Å². The lowest BCUT2D eigenvalue weighted by Gasteiger charge is -2.13. The van der Waals surface area contributed by atoms with E-state index in [2.05, 4.69) is 11.4 Å². The summed E-state index contributed by atoms with van der Waals surface area (Å²) >= 11 is 0. The van der Waals surface area contributed by atoms with E-state index in [9.17, 15) is 4.79 Å². The monoisotopic (exact) mass is 218 g/mol. The van der Waals surface area contributed by atoms with Crippen LogP contribution in [-0.2, 0) is 4.79 Å². The fourth-order valence-corrected chi connectivity index (χ4v) is 2.37. The highest BCUT2D eigenvalue weighted by Crippen LogP contribution is 2.38. The number of rotatable bonds is 3. The van der Waals surface area contributed by atoms with Crippen LogP contribution in [0.25, 0.3) is 0 Å². The Morgan fingerprint density at radius 2 is 2.25 bits per heavy atom. The van der Waals surface area contributed by atoms with Gasteiger partial charge in [0.15, 0.2) is 0 Å². The van der Waals surface area contributed by atoms with Crippen LogP contribution in [0.4, 0.5) is 0 Å². The third-order valence-corrected chi connectivity index (χ3v) is 3.19. The van der Waals surface area contributed by atoms with Crippen LogP contribution in [-0.4, -0.2) is 12.5 Å². The number of nitrogens with one attached hydrogen (secondary N) is 1. The minimum Gasteiger partial charge on any atom is -0.402 e. The fraction of sp³-hybridized carbons (Fsp3) is 0.462. The van der Waals surface area contributed by atoms with E-state index in [0.29, 0.717) is 0 Å². The van der Waals surface area contributed by atoms with Crippen LogP contribution in [0.1, 0.15) is 32.6 Å². The second-order valence-electron chi connectivity index (χ2n) is 4.43. The molecule has 3 N–H and O–H groups in total. The molecule has 1 amide bonds. The molecule has 0 atom stereocenters. The lowest BCUT2D eigenvalue weighted by molar-refractivity contribution is -0.118. The molecule has 2 rings (SSSR count). The van der Waals surface area contributed by atoms with E-state index in [1.165, 1.54) is 16.7 Å². The van der Waals surface area contributed by atoms with Gasteiger partial charge in [-0.1, -0.05) is 11.6 Å². The van der Waals surface area contributed by atoms with Crippen molar-refractivity contribution >= 4 is 5.91 Å². The number of carbonyl (C=O) groups excluding carboxylic acids is 1. The highest BCUT2D eigenvalue weighted by Gasteiger charge is 2.21. The van der Waals surface area contributed by atoms with Crippen LogP contribution < -0.4 is 11.1 Å². The maximum atomic E-state index is 10.8. The summed E-state index contributed by atoms with van der Waals surface area (Å²) in [6.07, 6.45) is 8.26. The van der Waals surface area contributed by atoms with Crippen LogP contribution in [0.15, 0.2) is 34.6 Å². The molecule has 0 aromatic rings. The topological polar surface area (TPSA) is 55.1 Å². The summed E-state index contributed by atoms with van der Waals surface area (Å²) in [7, 11) is 0. The second-order valence-corrected chi connectivity index (χ2v) is 4.43. The van der Waals surface area contributed by atoms with Crippen molar-refractivity contribution in [1.29, 1.82) is 0 Å². The third-order valence-electron chi connectivity index (χ3n) is 3.19.